The number of nitrogens with zero attached hydrogens (tertiary/aromatic N) is 2. The van der Waals surface area contributed by atoms with E-state index in [1.807, 2.05) is 50.2 Å². The van der Waals surface area contributed by atoms with Crippen LogP contribution in [0.1, 0.15) is 45.8 Å². The number of aryl methyl sites for hydroxylation is 2. The van der Waals surface area contributed by atoms with Gasteiger partial charge in [-0.2, -0.15) is 5.10 Å². The lowest BCUT2D eigenvalue weighted by Crippen LogP contribution is -2.26. The van der Waals surface area contributed by atoms with Crippen LogP contribution in [-0.2, 0) is 6.42 Å². The maximum atomic E-state index is 12.8. The summed E-state index contributed by atoms with van der Waals surface area (Å²) in [4.78, 5) is 17.0. The Bertz CT molecular complexity index is 1140. The minimum absolute atomic E-state index is 0.284. The minimum atomic E-state index is -0.322. The van der Waals surface area contributed by atoms with Crippen LogP contribution < -0.4 is 16.1 Å². The van der Waals surface area contributed by atoms with E-state index in [1.54, 1.807) is 12.3 Å². The Hall–Kier alpha value is -3.52. The van der Waals surface area contributed by atoms with Crippen molar-refractivity contribution in [1.29, 1.82) is 0 Å². The van der Waals surface area contributed by atoms with Gasteiger partial charge in [-0.15, -0.1) is 0 Å². The number of carbonyl (C=O) groups is 1. The van der Waals surface area contributed by atoms with Crippen LogP contribution in [0.2, 0.25) is 0 Å². The van der Waals surface area contributed by atoms with Gasteiger partial charge in [0.2, 0.25) is 0 Å². The van der Waals surface area contributed by atoms with E-state index < -0.39 is 0 Å². The van der Waals surface area contributed by atoms with Crippen LogP contribution in [0.25, 0.3) is 0 Å². The van der Waals surface area contributed by atoms with Gasteiger partial charge in [-0.1, -0.05) is 24.3 Å². The Kier molecular flexibility index (Phi) is 6.08. The topological polar surface area (TPSA) is 91.5 Å². The van der Waals surface area contributed by atoms with Crippen molar-refractivity contribution in [2.45, 2.75) is 33.1 Å². The maximum Gasteiger partial charge on any atom is 0.292 e. The van der Waals surface area contributed by atoms with Crippen molar-refractivity contribution in [2.75, 3.05) is 10.6 Å². The molecule has 1 aromatic carbocycles. The molecule has 2 aromatic heterocycles. The fraction of sp³-hybridized carbons (Fsp3) is 0.217. The number of hydrazone groups is 1. The monoisotopic (exact) mass is 433 g/mol. The van der Waals surface area contributed by atoms with Gasteiger partial charge < -0.3 is 15.1 Å². The van der Waals surface area contributed by atoms with Gasteiger partial charge in [0.1, 0.15) is 11.6 Å². The van der Waals surface area contributed by atoms with E-state index in [2.05, 4.69) is 26.1 Å². The maximum absolute atomic E-state index is 12.8. The predicted octanol–water partition coefficient (Wildman–Crippen LogP) is 4.57. The summed E-state index contributed by atoms with van der Waals surface area (Å²) in [5, 5.41) is 10.8. The number of para-hydroxylation sites is 1. The highest BCUT2D eigenvalue weighted by Gasteiger charge is 2.28. The molecule has 2 heterocycles. The smallest absolute Gasteiger partial charge is 0.292 e. The molecule has 158 valence electrons. The van der Waals surface area contributed by atoms with Gasteiger partial charge in [0, 0.05) is 29.4 Å². The average molecular weight is 434 g/mol. The molecule has 0 unspecified atom stereocenters. The van der Waals surface area contributed by atoms with Crippen LogP contribution in [0.4, 0.5) is 11.5 Å². The van der Waals surface area contributed by atoms with Crippen LogP contribution >= 0.6 is 12.2 Å². The fourth-order valence-corrected chi connectivity index (χ4v) is 3.67. The van der Waals surface area contributed by atoms with Crippen molar-refractivity contribution in [3.63, 3.8) is 0 Å². The van der Waals surface area contributed by atoms with Crippen LogP contribution in [0.15, 0.2) is 58.2 Å². The molecule has 1 aliphatic rings. The second kappa shape index (κ2) is 9.09. The number of fused-ring (bicyclic) bond motifs is 1. The third-order valence-corrected chi connectivity index (χ3v) is 5.20. The summed E-state index contributed by atoms with van der Waals surface area (Å²) in [5.41, 5.74) is 7.28. The molecule has 0 spiro atoms. The predicted molar refractivity (Wildman–Crippen MR) is 126 cm³/mol. The highest BCUT2D eigenvalue weighted by Crippen LogP contribution is 2.30. The largest absolute Gasteiger partial charge is 0.455 e. The molecule has 8 heteroatoms. The number of amides is 1. The van der Waals surface area contributed by atoms with Gasteiger partial charge in [-0.25, -0.2) is 4.98 Å². The van der Waals surface area contributed by atoms with Gasteiger partial charge >= 0.3 is 0 Å². The number of pyridine rings is 1. The molecular formula is C23H23N5O2S. The quantitative estimate of drug-likeness (QED) is 0.412. The van der Waals surface area contributed by atoms with Crippen LogP contribution in [0.5, 0.6) is 0 Å². The fourth-order valence-electron chi connectivity index (χ4n) is 3.51. The Balaban J connectivity index is 1.51. The van der Waals surface area contributed by atoms with Crippen molar-refractivity contribution in [3.05, 3.63) is 76.9 Å². The lowest BCUT2D eigenvalue weighted by atomic mass is 9.93. The molecule has 1 amide bonds. The molecule has 0 aliphatic heterocycles. The van der Waals surface area contributed by atoms with Gasteiger partial charge in [0.15, 0.2) is 10.9 Å². The third-order valence-electron chi connectivity index (χ3n) is 5.01. The number of thiocarbonyl (C=S) groups is 1. The van der Waals surface area contributed by atoms with Crippen molar-refractivity contribution in [3.8, 4) is 0 Å². The van der Waals surface area contributed by atoms with Gasteiger partial charge in [-0.05, 0) is 62.7 Å². The third kappa shape index (κ3) is 4.80. The van der Waals surface area contributed by atoms with Gasteiger partial charge in [0.25, 0.3) is 5.91 Å². The zero-order valence-corrected chi connectivity index (χ0v) is 18.2. The number of carbonyl (C=O) groups excluding carboxylic acids is 1. The van der Waals surface area contributed by atoms with E-state index in [0.717, 1.165) is 53.1 Å². The Labute approximate surface area is 186 Å². The molecule has 0 radical (unpaired) electrons. The number of nitrogens with one attached hydrogen (secondary N) is 3. The number of hydrogen-bond acceptors (Lipinski definition) is 5. The first-order valence-corrected chi connectivity index (χ1v) is 10.5. The molecule has 0 saturated heterocycles. The number of aromatic nitrogens is 1. The van der Waals surface area contributed by atoms with E-state index in [0.29, 0.717) is 10.9 Å². The summed E-state index contributed by atoms with van der Waals surface area (Å²) >= 11 is 5.34. The molecule has 4 rings (SSSR count). The second-order valence-corrected chi connectivity index (χ2v) is 7.78. The SMILES string of the molecule is Cc1ccc(NC(=O)c2oc3c(c2C)/C(=N/NC(=S)Nc2ccccc2)CCC3)nc1. The summed E-state index contributed by atoms with van der Waals surface area (Å²) in [5.74, 6) is 1.22. The van der Waals surface area contributed by atoms with Crippen LogP contribution in [-0.4, -0.2) is 21.7 Å². The van der Waals surface area contributed by atoms with E-state index in [4.69, 9.17) is 16.6 Å². The second-order valence-electron chi connectivity index (χ2n) is 7.37. The molecule has 0 fully saturated rings. The normalized spacial score (nSPS) is 14.1. The Morgan fingerprint density at radius 1 is 1.10 bits per heavy atom. The van der Waals surface area contributed by atoms with Gasteiger partial charge in [-0.3, -0.25) is 10.2 Å². The molecule has 3 N–H and O–H groups in total. The first-order chi connectivity index (χ1) is 15.0. The van der Waals surface area contributed by atoms with E-state index in [-0.39, 0.29) is 11.7 Å². The number of rotatable bonds is 4. The average Bonchev–Trinajstić information content (AvgIpc) is 3.12. The highest BCUT2D eigenvalue weighted by atomic mass is 32.1. The molecule has 0 bridgehead atoms. The zero-order valence-electron chi connectivity index (χ0n) is 17.4. The number of anilines is 2. The standard InChI is InChI=1S/C23H23N5O2S/c1-14-11-12-19(24-13-14)26-22(29)21-15(2)20-17(9-6-10-18(20)30-21)27-28-23(31)25-16-7-4-3-5-8-16/h3-5,7-8,11-13H,6,9-10H2,1-2H3,(H,24,26,29)(H2,25,28,31)/b27-17+. The van der Waals surface area contributed by atoms with Crippen molar-refractivity contribution < 1.29 is 9.21 Å². The molecule has 3 aromatic rings. The zero-order chi connectivity index (χ0) is 21.8. The van der Waals surface area contributed by atoms with E-state index in [9.17, 15) is 4.79 Å². The molecule has 31 heavy (non-hydrogen) atoms. The molecule has 1 aliphatic carbocycles. The van der Waals surface area contributed by atoms with E-state index in [1.165, 1.54) is 0 Å². The number of furan rings is 1. The lowest BCUT2D eigenvalue weighted by Gasteiger charge is -2.14. The van der Waals surface area contributed by atoms with E-state index >= 15 is 0 Å². The summed E-state index contributed by atoms with van der Waals surface area (Å²) in [6.45, 7) is 3.82. The number of benzene rings is 1. The molecular weight excluding hydrogens is 410 g/mol. The summed E-state index contributed by atoms with van der Waals surface area (Å²) in [6.07, 6.45) is 4.13. The summed E-state index contributed by atoms with van der Waals surface area (Å²) < 4.78 is 5.93. The lowest BCUT2D eigenvalue weighted by molar-refractivity contribution is 0.0993. The summed E-state index contributed by atoms with van der Waals surface area (Å²) in [7, 11) is 0. The number of hydrogen-bond donors (Lipinski definition) is 3. The van der Waals surface area contributed by atoms with Crippen molar-refractivity contribution in [2.24, 2.45) is 5.10 Å². The van der Waals surface area contributed by atoms with Crippen LogP contribution in [0.3, 0.4) is 0 Å². The van der Waals surface area contributed by atoms with Crippen LogP contribution in [0, 0.1) is 13.8 Å². The van der Waals surface area contributed by atoms with Crippen molar-refractivity contribution >= 4 is 40.5 Å². The summed E-state index contributed by atoms with van der Waals surface area (Å²) in [6, 6.07) is 13.3. The minimum Gasteiger partial charge on any atom is -0.455 e. The first-order valence-electron chi connectivity index (χ1n) is 10.1. The highest BCUT2D eigenvalue weighted by molar-refractivity contribution is 7.80. The molecule has 0 saturated carbocycles. The van der Waals surface area contributed by atoms with Crippen molar-refractivity contribution in [1.82, 2.24) is 10.4 Å². The van der Waals surface area contributed by atoms with Gasteiger partial charge in [0.05, 0.1) is 5.71 Å². The molecule has 0 atom stereocenters. The first kappa shape index (κ1) is 20.7. The molecule has 7 nitrogen and oxygen atoms in total. The Morgan fingerprint density at radius 2 is 1.90 bits per heavy atom. The Morgan fingerprint density at radius 3 is 2.65 bits per heavy atom.